The average Bonchev–Trinajstić information content (AvgIpc) is 2.52. The molecule has 3 aromatic rings. The van der Waals surface area contributed by atoms with Crippen molar-refractivity contribution >= 4 is 43.8 Å². The number of fused-ring (bicyclic) bond motifs is 1. The van der Waals surface area contributed by atoms with E-state index in [0.29, 0.717) is 11.3 Å². The zero-order valence-corrected chi connectivity index (χ0v) is 12.7. The normalized spacial score (nSPS) is 10.3. The number of nitrogens with zero attached hydrogens (tertiary/aromatic N) is 1. The molecule has 3 nitrogen and oxygen atoms in total. The van der Waals surface area contributed by atoms with Crippen molar-refractivity contribution in [3.8, 4) is 6.07 Å². The Morgan fingerprint density at radius 3 is 2.43 bits per heavy atom. The third-order valence-electron chi connectivity index (χ3n) is 3.37. The van der Waals surface area contributed by atoms with Crippen LogP contribution in [0, 0.1) is 11.3 Å². The largest absolute Gasteiger partial charge is 0.396 e. The van der Waals surface area contributed by atoms with Crippen LogP contribution in [-0.2, 0) is 0 Å². The summed E-state index contributed by atoms with van der Waals surface area (Å²) in [5, 5.41) is 14.6. The average molecular weight is 338 g/mol. The van der Waals surface area contributed by atoms with E-state index < -0.39 is 0 Å². The summed E-state index contributed by atoms with van der Waals surface area (Å²) in [5.74, 6) is 0. The molecule has 0 amide bonds. The van der Waals surface area contributed by atoms with E-state index in [1.54, 1.807) is 6.07 Å². The van der Waals surface area contributed by atoms with Gasteiger partial charge in [-0.3, -0.25) is 0 Å². The fourth-order valence-electron chi connectivity index (χ4n) is 2.29. The van der Waals surface area contributed by atoms with Crippen LogP contribution in [0.15, 0.2) is 59.1 Å². The van der Waals surface area contributed by atoms with Crippen molar-refractivity contribution in [1.82, 2.24) is 0 Å². The van der Waals surface area contributed by atoms with Crippen molar-refractivity contribution in [2.45, 2.75) is 0 Å². The first kappa shape index (κ1) is 13.5. The number of nitrogens with one attached hydrogen (secondary N) is 1. The molecule has 3 aromatic carbocycles. The number of rotatable bonds is 2. The molecular formula is C17H12BrN3. The van der Waals surface area contributed by atoms with E-state index >= 15 is 0 Å². The monoisotopic (exact) mass is 337 g/mol. The first-order valence-electron chi connectivity index (χ1n) is 6.43. The molecule has 0 saturated heterocycles. The highest BCUT2D eigenvalue weighted by Crippen LogP contribution is 2.33. The van der Waals surface area contributed by atoms with Gasteiger partial charge >= 0.3 is 0 Å². The van der Waals surface area contributed by atoms with Crippen LogP contribution in [0.5, 0.6) is 0 Å². The van der Waals surface area contributed by atoms with Gasteiger partial charge in [-0.05, 0) is 29.7 Å². The molecule has 0 atom stereocenters. The second kappa shape index (κ2) is 5.47. The molecule has 0 radical (unpaired) electrons. The number of nitriles is 1. The number of nitrogens with two attached hydrogens (primary N) is 1. The minimum absolute atomic E-state index is 0.465. The van der Waals surface area contributed by atoms with E-state index in [1.807, 2.05) is 42.5 Å². The van der Waals surface area contributed by atoms with Gasteiger partial charge in [-0.15, -0.1) is 0 Å². The SMILES string of the molecule is N#Cc1cccc(Nc2ccc(Br)c3ccccc23)c1N. The third-order valence-corrected chi connectivity index (χ3v) is 4.06. The van der Waals surface area contributed by atoms with Crippen LogP contribution >= 0.6 is 15.9 Å². The quantitative estimate of drug-likeness (QED) is 0.660. The maximum Gasteiger partial charge on any atom is 0.101 e. The molecule has 0 aliphatic carbocycles. The Morgan fingerprint density at radius 1 is 0.905 bits per heavy atom. The Morgan fingerprint density at radius 2 is 1.67 bits per heavy atom. The lowest BCUT2D eigenvalue weighted by Gasteiger charge is -2.13. The predicted molar refractivity (Wildman–Crippen MR) is 90.5 cm³/mol. The fraction of sp³-hybridized carbons (Fsp3) is 0. The van der Waals surface area contributed by atoms with E-state index in [9.17, 15) is 0 Å². The van der Waals surface area contributed by atoms with E-state index in [1.165, 1.54) is 0 Å². The van der Waals surface area contributed by atoms with Gasteiger partial charge in [-0.2, -0.15) is 5.26 Å². The first-order chi connectivity index (χ1) is 10.2. The van der Waals surface area contributed by atoms with Crippen LogP contribution in [0.3, 0.4) is 0 Å². The molecule has 0 spiro atoms. The van der Waals surface area contributed by atoms with Crippen LogP contribution in [-0.4, -0.2) is 0 Å². The molecule has 0 bridgehead atoms. The molecule has 102 valence electrons. The van der Waals surface area contributed by atoms with Crippen LogP contribution in [0.25, 0.3) is 10.8 Å². The lowest BCUT2D eigenvalue weighted by atomic mass is 10.1. The molecule has 0 unspecified atom stereocenters. The first-order valence-corrected chi connectivity index (χ1v) is 7.23. The summed E-state index contributed by atoms with van der Waals surface area (Å²) in [6, 6.07) is 19.6. The highest BCUT2D eigenvalue weighted by atomic mass is 79.9. The van der Waals surface area contributed by atoms with Crippen molar-refractivity contribution in [3.63, 3.8) is 0 Å². The maximum absolute atomic E-state index is 9.05. The van der Waals surface area contributed by atoms with Crippen molar-refractivity contribution in [2.75, 3.05) is 11.1 Å². The summed E-state index contributed by atoms with van der Waals surface area (Å²) < 4.78 is 1.04. The number of anilines is 3. The van der Waals surface area contributed by atoms with Crippen molar-refractivity contribution < 1.29 is 0 Å². The number of nitrogen functional groups attached to an aromatic ring is 1. The molecule has 0 aromatic heterocycles. The summed E-state index contributed by atoms with van der Waals surface area (Å²) >= 11 is 3.56. The lowest BCUT2D eigenvalue weighted by Crippen LogP contribution is -1.99. The van der Waals surface area contributed by atoms with Gasteiger partial charge in [0.2, 0.25) is 0 Å². The Hall–Kier alpha value is -2.51. The molecule has 21 heavy (non-hydrogen) atoms. The van der Waals surface area contributed by atoms with Gasteiger partial charge in [-0.25, -0.2) is 0 Å². The Labute approximate surface area is 131 Å². The standard InChI is InChI=1S/C17H12BrN3/c18-14-8-9-15(13-6-2-1-5-12(13)14)21-16-7-3-4-11(10-19)17(16)20/h1-9,21H,20H2. The predicted octanol–water partition coefficient (Wildman–Crippen LogP) is 4.80. The van der Waals surface area contributed by atoms with Crippen LogP contribution in [0.4, 0.5) is 17.1 Å². The third kappa shape index (κ3) is 2.44. The highest BCUT2D eigenvalue weighted by molar-refractivity contribution is 9.10. The van der Waals surface area contributed by atoms with E-state index in [-0.39, 0.29) is 0 Å². The second-order valence-corrected chi connectivity index (χ2v) is 5.50. The van der Waals surface area contributed by atoms with Crippen molar-refractivity contribution in [1.29, 1.82) is 5.26 Å². The van der Waals surface area contributed by atoms with E-state index in [0.717, 1.165) is 26.6 Å². The zero-order chi connectivity index (χ0) is 14.8. The van der Waals surface area contributed by atoms with Crippen LogP contribution < -0.4 is 11.1 Å². The number of halogens is 1. The summed E-state index contributed by atoms with van der Waals surface area (Å²) in [6.07, 6.45) is 0. The minimum atomic E-state index is 0.465. The second-order valence-electron chi connectivity index (χ2n) is 4.64. The van der Waals surface area contributed by atoms with Gasteiger partial charge in [0.05, 0.1) is 16.9 Å². The fourth-order valence-corrected chi connectivity index (χ4v) is 2.77. The molecule has 4 heteroatoms. The van der Waals surface area contributed by atoms with Gasteiger partial charge in [0.25, 0.3) is 0 Å². The molecule has 3 rings (SSSR count). The molecule has 3 N–H and O–H groups in total. The maximum atomic E-state index is 9.05. The van der Waals surface area contributed by atoms with Crippen molar-refractivity contribution in [2.24, 2.45) is 0 Å². The Bertz CT molecular complexity index is 866. The van der Waals surface area contributed by atoms with Crippen molar-refractivity contribution in [3.05, 3.63) is 64.6 Å². The summed E-state index contributed by atoms with van der Waals surface area (Å²) in [4.78, 5) is 0. The highest BCUT2D eigenvalue weighted by Gasteiger charge is 2.08. The Balaban J connectivity index is 2.12. The van der Waals surface area contributed by atoms with E-state index in [2.05, 4.69) is 33.4 Å². The lowest BCUT2D eigenvalue weighted by molar-refractivity contribution is 1.47. The van der Waals surface area contributed by atoms with E-state index in [4.69, 9.17) is 11.0 Å². The van der Waals surface area contributed by atoms with Gasteiger partial charge in [-0.1, -0.05) is 46.3 Å². The van der Waals surface area contributed by atoms with Gasteiger partial charge in [0.1, 0.15) is 6.07 Å². The van der Waals surface area contributed by atoms with Crippen LogP contribution in [0.1, 0.15) is 5.56 Å². The zero-order valence-electron chi connectivity index (χ0n) is 11.1. The molecular weight excluding hydrogens is 326 g/mol. The molecule has 0 heterocycles. The number of hydrogen-bond acceptors (Lipinski definition) is 3. The number of benzene rings is 3. The topological polar surface area (TPSA) is 61.8 Å². The summed E-state index contributed by atoms with van der Waals surface area (Å²) in [6.45, 7) is 0. The molecule has 0 aliphatic heterocycles. The van der Waals surface area contributed by atoms with Crippen LogP contribution in [0.2, 0.25) is 0 Å². The smallest absolute Gasteiger partial charge is 0.101 e. The van der Waals surface area contributed by atoms with Gasteiger partial charge < -0.3 is 11.1 Å². The molecule has 0 fully saturated rings. The van der Waals surface area contributed by atoms with Gasteiger partial charge in [0, 0.05) is 15.5 Å². The summed E-state index contributed by atoms with van der Waals surface area (Å²) in [7, 11) is 0. The molecule has 0 aliphatic rings. The molecule has 0 saturated carbocycles. The number of para-hydroxylation sites is 1. The van der Waals surface area contributed by atoms with Gasteiger partial charge in [0.15, 0.2) is 0 Å². The Kier molecular flexibility index (Phi) is 3.51. The number of hydrogen-bond donors (Lipinski definition) is 2. The summed E-state index contributed by atoms with van der Waals surface area (Å²) in [5.41, 5.74) is 8.65. The minimum Gasteiger partial charge on any atom is -0.396 e.